The van der Waals surface area contributed by atoms with Crippen molar-refractivity contribution in [3.63, 3.8) is 0 Å². The molecular formula is C11H14NO4P. The molecule has 0 saturated carbocycles. The summed E-state index contributed by atoms with van der Waals surface area (Å²) < 4.78 is 15.0. The molecule has 1 rings (SSSR count). The maximum Gasteiger partial charge on any atom is 0.434 e. The zero-order valence-electron chi connectivity index (χ0n) is 9.28. The summed E-state index contributed by atoms with van der Waals surface area (Å²) in [5.74, 6) is 0. The maximum absolute atomic E-state index is 11.3. The minimum Gasteiger partial charge on any atom is -0.443 e. The van der Waals surface area contributed by atoms with Crippen LogP contribution in [0, 0.1) is 0 Å². The largest absolute Gasteiger partial charge is 0.443 e. The van der Waals surface area contributed by atoms with E-state index in [-0.39, 0.29) is 21.6 Å². The molecule has 0 aliphatic heterocycles. The number of carbonyl (C=O) groups excluding carboxylic acids is 1. The number of nitrogens with zero attached hydrogens (tertiary/aromatic N) is 1. The molecule has 0 heterocycles. The predicted octanol–water partition coefficient (Wildman–Crippen LogP) is 2.70. The molecule has 0 radical (unpaired) electrons. The fourth-order valence-corrected chi connectivity index (χ4v) is 1.44. The van der Waals surface area contributed by atoms with Crippen molar-refractivity contribution in [2.24, 2.45) is 0 Å². The molecule has 0 spiro atoms. The van der Waals surface area contributed by atoms with Crippen LogP contribution in [-0.2, 0) is 15.9 Å². The first-order valence-electron chi connectivity index (χ1n) is 5.20. The fraction of sp³-hybridized carbons (Fsp3) is 0.364. The molecule has 0 aliphatic carbocycles. The predicted molar refractivity (Wildman–Crippen MR) is 62.2 cm³/mol. The van der Waals surface area contributed by atoms with Crippen LogP contribution in [0.3, 0.4) is 0 Å². The van der Waals surface area contributed by atoms with Gasteiger partial charge in [-0.1, -0.05) is 30.3 Å². The van der Waals surface area contributed by atoms with Crippen LogP contribution < -0.4 is 0 Å². The van der Waals surface area contributed by atoms with E-state index in [4.69, 9.17) is 4.74 Å². The zero-order valence-corrected chi connectivity index (χ0v) is 10.2. The van der Waals surface area contributed by atoms with Crippen molar-refractivity contribution in [3.8, 4) is 0 Å². The van der Waals surface area contributed by atoms with E-state index in [9.17, 15) is 14.6 Å². The van der Waals surface area contributed by atoms with Crippen molar-refractivity contribution in [2.45, 2.75) is 13.0 Å². The van der Waals surface area contributed by atoms with Crippen LogP contribution in [0.1, 0.15) is 12.0 Å². The SMILES string of the molecule is O=PCCCN(O)C(=O)OCc1ccccc1. The molecule has 17 heavy (non-hydrogen) atoms. The summed E-state index contributed by atoms with van der Waals surface area (Å²) in [7, 11) is 0.00756. The summed E-state index contributed by atoms with van der Waals surface area (Å²) in [5.41, 5.74) is 0.854. The molecule has 1 aromatic rings. The fourth-order valence-electron chi connectivity index (χ4n) is 1.17. The van der Waals surface area contributed by atoms with Gasteiger partial charge in [0.15, 0.2) is 8.46 Å². The van der Waals surface area contributed by atoms with Gasteiger partial charge >= 0.3 is 6.09 Å². The van der Waals surface area contributed by atoms with Gasteiger partial charge in [0.25, 0.3) is 0 Å². The van der Waals surface area contributed by atoms with Gasteiger partial charge in [-0.25, -0.2) is 4.79 Å². The quantitative estimate of drug-likeness (QED) is 0.367. The highest BCUT2D eigenvalue weighted by molar-refractivity contribution is 7.23. The number of rotatable bonds is 6. The van der Waals surface area contributed by atoms with Gasteiger partial charge in [0.1, 0.15) is 6.61 Å². The van der Waals surface area contributed by atoms with Crippen molar-refractivity contribution < 1.29 is 19.3 Å². The van der Waals surface area contributed by atoms with Crippen LogP contribution in [0.25, 0.3) is 0 Å². The average Bonchev–Trinajstić information content (AvgIpc) is 2.37. The van der Waals surface area contributed by atoms with E-state index in [1.165, 1.54) is 0 Å². The van der Waals surface area contributed by atoms with Crippen LogP contribution in [-0.4, -0.2) is 29.1 Å². The Balaban J connectivity index is 2.26. The number of ether oxygens (including phenoxy) is 1. The third-order valence-electron chi connectivity index (χ3n) is 2.04. The molecule has 0 saturated heterocycles. The lowest BCUT2D eigenvalue weighted by Crippen LogP contribution is -2.29. The van der Waals surface area contributed by atoms with Gasteiger partial charge in [-0.15, -0.1) is 0 Å². The van der Waals surface area contributed by atoms with E-state index in [1.54, 1.807) is 0 Å². The Hall–Kier alpha value is -1.45. The standard InChI is InChI=1S/C11H14NO4P/c13-11(12(14)7-4-8-17-15)16-9-10-5-2-1-3-6-10/h1-3,5-6,14H,4,7-9H2. The molecule has 1 amide bonds. The highest BCUT2D eigenvalue weighted by atomic mass is 31.1. The summed E-state index contributed by atoms with van der Waals surface area (Å²) >= 11 is 0. The van der Waals surface area contributed by atoms with Crippen LogP contribution in [0.4, 0.5) is 4.79 Å². The lowest BCUT2D eigenvalue weighted by atomic mass is 10.2. The minimum atomic E-state index is -0.795. The van der Waals surface area contributed by atoms with Gasteiger partial charge in [-0.2, -0.15) is 5.06 Å². The first kappa shape index (κ1) is 13.6. The third kappa shape index (κ3) is 5.43. The Bertz CT molecular complexity index is 358. The van der Waals surface area contributed by atoms with E-state index in [2.05, 4.69) is 0 Å². The number of amides is 1. The van der Waals surface area contributed by atoms with Gasteiger partial charge in [0.05, 0.1) is 6.54 Å². The van der Waals surface area contributed by atoms with Crippen molar-refractivity contribution >= 4 is 14.6 Å². The summed E-state index contributed by atoms with van der Waals surface area (Å²) in [6.07, 6.45) is 0.0711. The lowest BCUT2D eigenvalue weighted by molar-refractivity contribution is -0.0755. The Morgan fingerprint density at radius 3 is 2.71 bits per heavy atom. The highest BCUT2D eigenvalue weighted by Crippen LogP contribution is 2.03. The molecule has 0 bridgehead atoms. The van der Waals surface area contributed by atoms with Crippen LogP contribution in [0.5, 0.6) is 0 Å². The number of hydroxylamine groups is 2. The first-order chi connectivity index (χ1) is 8.24. The summed E-state index contributed by atoms with van der Waals surface area (Å²) in [5, 5.41) is 9.77. The molecular weight excluding hydrogens is 241 g/mol. The normalized spacial score (nSPS) is 10.2. The van der Waals surface area contributed by atoms with Crippen LogP contribution in [0.15, 0.2) is 30.3 Å². The first-order valence-corrected chi connectivity index (χ1v) is 6.20. The second kappa shape index (κ2) is 7.76. The average molecular weight is 255 g/mol. The molecule has 0 fully saturated rings. The van der Waals surface area contributed by atoms with Gasteiger partial charge in [-0.05, 0) is 12.0 Å². The van der Waals surface area contributed by atoms with E-state index >= 15 is 0 Å². The smallest absolute Gasteiger partial charge is 0.434 e. The number of hydrogen-bond donors (Lipinski definition) is 1. The van der Waals surface area contributed by atoms with Crippen molar-refractivity contribution in [2.75, 3.05) is 12.7 Å². The van der Waals surface area contributed by atoms with Gasteiger partial charge in [0, 0.05) is 6.16 Å². The molecule has 0 unspecified atom stereocenters. The summed E-state index contributed by atoms with van der Waals surface area (Å²) in [6, 6.07) is 9.20. The zero-order chi connectivity index (χ0) is 12.5. The topological polar surface area (TPSA) is 66.8 Å². The van der Waals surface area contributed by atoms with Gasteiger partial charge < -0.3 is 4.74 Å². The van der Waals surface area contributed by atoms with Crippen molar-refractivity contribution in [3.05, 3.63) is 35.9 Å². The van der Waals surface area contributed by atoms with Crippen molar-refractivity contribution in [1.29, 1.82) is 0 Å². The Morgan fingerprint density at radius 2 is 2.06 bits per heavy atom. The van der Waals surface area contributed by atoms with E-state index < -0.39 is 6.09 Å². The molecule has 5 nitrogen and oxygen atoms in total. The highest BCUT2D eigenvalue weighted by Gasteiger charge is 2.11. The molecule has 6 heteroatoms. The minimum absolute atomic E-state index is 0.00756. The Morgan fingerprint density at radius 1 is 1.35 bits per heavy atom. The number of hydrogen-bond acceptors (Lipinski definition) is 4. The van der Waals surface area contributed by atoms with E-state index in [0.29, 0.717) is 17.6 Å². The maximum atomic E-state index is 11.3. The van der Waals surface area contributed by atoms with Crippen LogP contribution >= 0.6 is 8.46 Å². The van der Waals surface area contributed by atoms with Crippen LogP contribution in [0.2, 0.25) is 0 Å². The molecule has 92 valence electrons. The second-order valence-corrected chi connectivity index (χ2v) is 4.07. The monoisotopic (exact) mass is 255 g/mol. The molecule has 1 N–H and O–H groups in total. The Kier molecular flexibility index (Phi) is 6.22. The van der Waals surface area contributed by atoms with Gasteiger partial charge in [-0.3, -0.25) is 9.77 Å². The molecule has 0 atom stereocenters. The molecule has 1 aromatic carbocycles. The third-order valence-corrected chi connectivity index (χ3v) is 2.53. The number of benzene rings is 1. The van der Waals surface area contributed by atoms with E-state index in [0.717, 1.165) is 5.56 Å². The second-order valence-electron chi connectivity index (χ2n) is 3.37. The number of carbonyl (C=O) groups is 1. The molecule has 0 aromatic heterocycles. The van der Waals surface area contributed by atoms with E-state index in [1.807, 2.05) is 30.3 Å². The van der Waals surface area contributed by atoms with Crippen molar-refractivity contribution in [1.82, 2.24) is 5.06 Å². The van der Waals surface area contributed by atoms with Gasteiger partial charge in [0.2, 0.25) is 0 Å². The lowest BCUT2D eigenvalue weighted by Gasteiger charge is -2.13. The Labute approximate surface area is 101 Å². The molecule has 0 aliphatic rings. The summed E-state index contributed by atoms with van der Waals surface area (Å²) in [4.78, 5) is 11.3. The summed E-state index contributed by atoms with van der Waals surface area (Å²) in [6.45, 7) is 0.236.